The summed E-state index contributed by atoms with van der Waals surface area (Å²) in [7, 11) is 0. The molecule has 0 saturated heterocycles. The third-order valence-electron chi connectivity index (χ3n) is 3.03. The van der Waals surface area contributed by atoms with Crippen molar-refractivity contribution in [1.29, 1.82) is 0 Å². The smallest absolute Gasteiger partial charge is 0.0111 e. The van der Waals surface area contributed by atoms with Gasteiger partial charge in [-0.05, 0) is 25.2 Å². The Morgan fingerprint density at radius 2 is 2.36 bits per heavy atom. The van der Waals surface area contributed by atoms with Gasteiger partial charge in [0.25, 0.3) is 0 Å². The zero-order valence-corrected chi connectivity index (χ0v) is 10.1. The van der Waals surface area contributed by atoms with Crippen molar-refractivity contribution in [2.75, 3.05) is 18.1 Å². The Kier molecular flexibility index (Phi) is 6.37. The van der Waals surface area contributed by atoms with Gasteiger partial charge in [-0.15, -0.1) is 6.58 Å². The van der Waals surface area contributed by atoms with Crippen LogP contribution in [0.3, 0.4) is 0 Å². The first-order valence-corrected chi connectivity index (χ1v) is 6.94. The Morgan fingerprint density at radius 1 is 1.50 bits per heavy atom. The van der Waals surface area contributed by atoms with Crippen molar-refractivity contribution in [3.05, 3.63) is 12.7 Å². The van der Waals surface area contributed by atoms with Crippen LogP contribution in [0.25, 0.3) is 0 Å². The molecule has 1 aliphatic carbocycles. The zero-order chi connectivity index (χ0) is 10.2. The number of hydrogen-bond donors (Lipinski definition) is 1. The van der Waals surface area contributed by atoms with E-state index in [1.807, 2.05) is 17.8 Å². The first-order valence-electron chi connectivity index (χ1n) is 5.78. The van der Waals surface area contributed by atoms with Gasteiger partial charge in [-0.1, -0.05) is 19.4 Å². The van der Waals surface area contributed by atoms with Gasteiger partial charge in [-0.2, -0.15) is 11.8 Å². The Balaban J connectivity index is 1.94. The first-order chi connectivity index (χ1) is 6.86. The van der Waals surface area contributed by atoms with E-state index in [2.05, 4.69) is 18.8 Å². The summed E-state index contributed by atoms with van der Waals surface area (Å²) in [6, 6.07) is 0.810. The maximum Gasteiger partial charge on any atom is 0.0111 e. The van der Waals surface area contributed by atoms with E-state index in [9.17, 15) is 0 Å². The lowest BCUT2D eigenvalue weighted by atomic mass is 10.1. The second-order valence-electron chi connectivity index (χ2n) is 4.10. The van der Waals surface area contributed by atoms with Crippen molar-refractivity contribution in [1.82, 2.24) is 5.32 Å². The Morgan fingerprint density at radius 3 is 3.00 bits per heavy atom. The van der Waals surface area contributed by atoms with E-state index in [1.165, 1.54) is 38.0 Å². The van der Waals surface area contributed by atoms with Gasteiger partial charge in [0.15, 0.2) is 0 Å². The summed E-state index contributed by atoms with van der Waals surface area (Å²) in [6.07, 6.45) is 7.58. The second kappa shape index (κ2) is 7.36. The molecule has 0 amide bonds. The molecular weight excluding hydrogens is 190 g/mol. The van der Waals surface area contributed by atoms with Crippen LogP contribution in [0.15, 0.2) is 12.7 Å². The van der Waals surface area contributed by atoms with E-state index < -0.39 is 0 Å². The van der Waals surface area contributed by atoms with E-state index in [-0.39, 0.29) is 0 Å². The van der Waals surface area contributed by atoms with Gasteiger partial charge in [0.1, 0.15) is 0 Å². The predicted octanol–water partition coefficient (Wildman–Crippen LogP) is 3.07. The van der Waals surface area contributed by atoms with Crippen LogP contribution in [-0.2, 0) is 0 Å². The van der Waals surface area contributed by atoms with Crippen molar-refractivity contribution < 1.29 is 0 Å². The molecule has 2 atom stereocenters. The quantitative estimate of drug-likeness (QED) is 0.515. The van der Waals surface area contributed by atoms with Crippen LogP contribution in [0, 0.1) is 5.92 Å². The SMILES string of the molecule is C=CCSCCNC1CCC(CC)C1. The molecule has 1 rings (SSSR count). The van der Waals surface area contributed by atoms with Gasteiger partial charge in [0.05, 0.1) is 0 Å². The van der Waals surface area contributed by atoms with Crippen molar-refractivity contribution in [2.24, 2.45) is 5.92 Å². The van der Waals surface area contributed by atoms with Crippen molar-refractivity contribution in [3.63, 3.8) is 0 Å². The lowest BCUT2D eigenvalue weighted by Crippen LogP contribution is -2.28. The highest BCUT2D eigenvalue weighted by atomic mass is 32.2. The lowest BCUT2D eigenvalue weighted by molar-refractivity contribution is 0.486. The van der Waals surface area contributed by atoms with Crippen LogP contribution < -0.4 is 5.32 Å². The molecule has 1 saturated carbocycles. The molecule has 0 radical (unpaired) electrons. The second-order valence-corrected chi connectivity index (χ2v) is 5.25. The number of nitrogens with one attached hydrogen (secondary N) is 1. The molecular formula is C12H23NS. The maximum atomic E-state index is 3.72. The molecule has 2 heteroatoms. The van der Waals surface area contributed by atoms with Gasteiger partial charge in [-0.25, -0.2) is 0 Å². The van der Waals surface area contributed by atoms with Gasteiger partial charge >= 0.3 is 0 Å². The highest BCUT2D eigenvalue weighted by Gasteiger charge is 2.22. The maximum absolute atomic E-state index is 3.72. The van der Waals surface area contributed by atoms with Crippen LogP contribution >= 0.6 is 11.8 Å². The first kappa shape index (κ1) is 12.1. The summed E-state index contributed by atoms with van der Waals surface area (Å²) in [6.45, 7) is 7.19. The molecule has 0 aromatic carbocycles. The van der Waals surface area contributed by atoms with Crippen LogP contribution in [-0.4, -0.2) is 24.1 Å². The van der Waals surface area contributed by atoms with Gasteiger partial charge < -0.3 is 5.32 Å². The molecule has 82 valence electrons. The van der Waals surface area contributed by atoms with Crippen LogP contribution in [0.1, 0.15) is 32.6 Å². The highest BCUT2D eigenvalue weighted by molar-refractivity contribution is 7.99. The largest absolute Gasteiger partial charge is 0.313 e. The summed E-state index contributed by atoms with van der Waals surface area (Å²) in [4.78, 5) is 0. The molecule has 1 nitrogen and oxygen atoms in total. The Labute approximate surface area is 92.7 Å². The minimum absolute atomic E-state index is 0.810. The van der Waals surface area contributed by atoms with Gasteiger partial charge in [0.2, 0.25) is 0 Å². The van der Waals surface area contributed by atoms with Crippen LogP contribution in [0.4, 0.5) is 0 Å². The number of hydrogen-bond acceptors (Lipinski definition) is 2. The lowest BCUT2D eigenvalue weighted by Gasteiger charge is -2.12. The molecule has 1 N–H and O–H groups in total. The standard InChI is InChI=1S/C12H23NS/c1-3-8-14-9-7-13-12-6-5-11(4-2)10-12/h3,11-13H,1,4-10H2,2H3. The fourth-order valence-corrected chi connectivity index (χ4v) is 2.73. The average molecular weight is 213 g/mol. The van der Waals surface area contributed by atoms with E-state index in [1.54, 1.807) is 0 Å². The third kappa shape index (κ3) is 4.52. The summed E-state index contributed by atoms with van der Waals surface area (Å²) < 4.78 is 0. The Bertz CT molecular complexity index is 158. The third-order valence-corrected chi connectivity index (χ3v) is 4.00. The number of thioether (sulfide) groups is 1. The summed E-state index contributed by atoms with van der Waals surface area (Å²) in [5.41, 5.74) is 0. The zero-order valence-electron chi connectivity index (χ0n) is 9.30. The number of rotatable bonds is 7. The van der Waals surface area contributed by atoms with E-state index in [0.29, 0.717) is 0 Å². The summed E-state index contributed by atoms with van der Waals surface area (Å²) >= 11 is 1.96. The average Bonchev–Trinajstić information content (AvgIpc) is 2.65. The summed E-state index contributed by atoms with van der Waals surface area (Å²) in [5.74, 6) is 3.30. The normalized spacial score (nSPS) is 26.6. The van der Waals surface area contributed by atoms with E-state index in [0.717, 1.165) is 17.7 Å². The topological polar surface area (TPSA) is 12.0 Å². The fourth-order valence-electron chi connectivity index (χ4n) is 2.13. The molecule has 14 heavy (non-hydrogen) atoms. The van der Waals surface area contributed by atoms with Crippen molar-refractivity contribution in [2.45, 2.75) is 38.6 Å². The fraction of sp³-hybridized carbons (Fsp3) is 0.833. The van der Waals surface area contributed by atoms with Crippen molar-refractivity contribution >= 4 is 11.8 Å². The Hall–Kier alpha value is 0.0500. The highest BCUT2D eigenvalue weighted by Crippen LogP contribution is 2.27. The molecule has 0 heterocycles. The molecule has 1 aliphatic rings. The van der Waals surface area contributed by atoms with Gasteiger partial charge in [0, 0.05) is 24.1 Å². The minimum Gasteiger partial charge on any atom is -0.313 e. The van der Waals surface area contributed by atoms with E-state index in [4.69, 9.17) is 0 Å². The molecule has 0 spiro atoms. The summed E-state index contributed by atoms with van der Waals surface area (Å²) in [5, 5.41) is 3.65. The van der Waals surface area contributed by atoms with Crippen LogP contribution in [0.2, 0.25) is 0 Å². The molecule has 0 aromatic rings. The monoisotopic (exact) mass is 213 g/mol. The molecule has 1 fully saturated rings. The van der Waals surface area contributed by atoms with Gasteiger partial charge in [-0.3, -0.25) is 0 Å². The van der Waals surface area contributed by atoms with E-state index >= 15 is 0 Å². The van der Waals surface area contributed by atoms with Crippen molar-refractivity contribution in [3.8, 4) is 0 Å². The minimum atomic E-state index is 0.810. The molecule has 0 bridgehead atoms. The molecule has 0 aliphatic heterocycles. The van der Waals surface area contributed by atoms with Crippen LogP contribution in [0.5, 0.6) is 0 Å². The molecule has 2 unspecified atom stereocenters. The molecule has 0 aromatic heterocycles. The predicted molar refractivity (Wildman–Crippen MR) is 66.9 cm³/mol.